The second-order valence-electron chi connectivity index (χ2n) is 7.23. The van der Waals surface area contributed by atoms with Crippen LogP contribution >= 0.6 is 0 Å². The van der Waals surface area contributed by atoms with Crippen LogP contribution in [0.4, 0.5) is 5.69 Å². The fourth-order valence-corrected chi connectivity index (χ4v) is 3.50. The molecular formula is C21H29N5O2. The first-order valence-corrected chi connectivity index (χ1v) is 9.91. The number of nitrogens with one attached hydrogen (secondary N) is 1. The molecule has 0 bridgehead atoms. The Morgan fingerprint density at radius 3 is 2.64 bits per heavy atom. The van der Waals surface area contributed by atoms with Crippen molar-refractivity contribution < 1.29 is 9.53 Å². The van der Waals surface area contributed by atoms with E-state index in [1.54, 1.807) is 6.20 Å². The van der Waals surface area contributed by atoms with Gasteiger partial charge in [-0.05, 0) is 24.6 Å². The zero-order chi connectivity index (χ0) is 19.8. The van der Waals surface area contributed by atoms with Crippen LogP contribution in [0, 0.1) is 18.3 Å². The van der Waals surface area contributed by atoms with Gasteiger partial charge in [0.1, 0.15) is 11.6 Å². The number of amides is 1. The van der Waals surface area contributed by atoms with Gasteiger partial charge in [0.15, 0.2) is 0 Å². The van der Waals surface area contributed by atoms with Crippen molar-refractivity contribution in [3.8, 4) is 6.07 Å². The topological polar surface area (TPSA) is 71.8 Å². The summed E-state index contributed by atoms with van der Waals surface area (Å²) in [6, 6.07) is 10.5. The molecule has 0 unspecified atom stereocenters. The first kappa shape index (κ1) is 20.2. The molecule has 0 saturated carbocycles. The summed E-state index contributed by atoms with van der Waals surface area (Å²) in [5, 5.41) is 12.3. The molecular weight excluding hydrogens is 354 g/mol. The number of nitrogens with zero attached hydrogens (tertiary/aromatic N) is 4. The molecule has 1 aromatic carbocycles. The Kier molecular flexibility index (Phi) is 7.29. The van der Waals surface area contributed by atoms with Crippen molar-refractivity contribution in [1.29, 1.82) is 5.26 Å². The van der Waals surface area contributed by atoms with Gasteiger partial charge in [-0.2, -0.15) is 5.26 Å². The third-order valence-electron chi connectivity index (χ3n) is 5.18. The first-order chi connectivity index (χ1) is 13.7. The molecule has 7 heteroatoms. The van der Waals surface area contributed by atoms with Crippen LogP contribution in [0.3, 0.4) is 0 Å². The molecule has 0 spiro atoms. The first-order valence-electron chi connectivity index (χ1n) is 9.91. The van der Waals surface area contributed by atoms with Gasteiger partial charge in [0.05, 0.1) is 13.2 Å². The van der Waals surface area contributed by atoms with E-state index >= 15 is 0 Å². The summed E-state index contributed by atoms with van der Waals surface area (Å²) in [7, 11) is 0. The number of rotatable bonds is 6. The Balaban J connectivity index is 1.46. The Hall–Kier alpha value is -2.56. The highest BCUT2D eigenvalue weighted by Gasteiger charge is 2.18. The van der Waals surface area contributed by atoms with Crippen LogP contribution in [0.1, 0.15) is 5.56 Å². The lowest BCUT2D eigenvalue weighted by molar-refractivity contribution is -0.117. The number of carbonyl (C=O) groups is 1. The molecule has 150 valence electrons. The van der Waals surface area contributed by atoms with Crippen molar-refractivity contribution in [3.05, 3.63) is 41.6 Å². The van der Waals surface area contributed by atoms with E-state index in [4.69, 9.17) is 4.74 Å². The summed E-state index contributed by atoms with van der Waals surface area (Å²) >= 11 is 0. The summed E-state index contributed by atoms with van der Waals surface area (Å²) in [4.78, 5) is 19.0. The average molecular weight is 383 g/mol. The lowest BCUT2D eigenvalue weighted by atomic mass is 10.2. The monoisotopic (exact) mass is 383 g/mol. The minimum atomic E-state index is -0.295. The maximum Gasteiger partial charge on any atom is 0.263 e. The minimum Gasteiger partial charge on any atom is -0.379 e. The van der Waals surface area contributed by atoms with Gasteiger partial charge in [0, 0.05) is 64.2 Å². The van der Waals surface area contributed by atoms with Crippen LogP contribution in [0.2, 0.25) is 0 Å². The van der Waals surface area contributed by atoms with Crippen molar-refractivity contribution in [3.63, 3.8) is 0 Å². The summed E-state index contributed by atoms with van der Waals surface area (Å²) in [5.74, 6) is -0.295. The van der Waals surface area contributed by atoms with Crippen LogP contribution in [-0.2, 0) is 9.53 Å². The zero-order valence-electron chi connectivity index (χ0n) is 16.6. The fourth-order valence-electron chi connectivity index (χ4n) is 3.50. The van der Waals surface area contributed by atoms with E-state index in [0.717, 1.165) is 59.0 Å². The molecule has 2 heterocycles. The normalized spacial score (nSPS) is 18.6. The van der Waals surface area contributed by atoms with E-state index in [2.05, 4.69) is 51.2 Å². The van der Waals surface area contributed by atoms with E-state index in [-0.39, 0.29) is 11.5 Å². The van der Waals surface area contributed by atoms with E-state index < -0.39 is 0 Å². The lowest BCUT2D eigenvalue weighted by Crippen LogP contribution is -2.44. The van der Waals surface area contributed by atoms with E-state index in [1.807, 2.05) is 6.07 Å². The number of nitriles is 1. The molecule has 2 aliphatic heterocycles. The predicted octanol–water partition coefficient (Wildman–Crippen LogP) is 0.973. The smallest absolute Gasteiger partial charge is 0.263 e. The Morgan fingerprint density at radius 2 is 1.96 bits per heavy atom. The summed E-state index contributed by atoms with van der Waals surface area (Å²) < 4.78 is 5.32. The van der Waals surface area contributed by atoms with Gasteiger partial charge < -0.3 is 19.9 Å². The van der Waals surface area contributed by atoms with Crippen molar-refractivity contribution in [1.82, 2.24) is 15.1 Å². The second-order valence-corrected chi connectivity index (χ2v) is 7.23. The number of hydrogen-bond acceptors (Lipinski definition) is 6. The summed E-state index contributed by atoms with van der Waals surface area (Å²) in [5.41, 5.74) is 2.65. The quantitative estimate of drug-likeness (QED) is 0.583. The SMILES string of the molecule is Cc1cccc(N2CCN(/C=C(/C#N)C(=O)NCCN3CCOCC3)CC2)c1. The third-order valence-corrected chi connectivity index (χ3v) is 5.18. The molecule has 1 aromatic rings. The van der Waals surface area contributed by atoms with Gasteiger partial charge >= 0.3 is 0 Å². The highest BCUT2D eigenvalue weighted by atomic mass is 16.5. The van der Waals surface area contributed by atoms with E-state index in [9.17, 15) is 10.1 Å². The van der Waals surface area contributed by atoms with Gasteiger partial charge in [0.25, 0.3) is 5.91 Å². The molecule has 0 aliphatic carbocycles. The molecule has 7 nitrogen and oxygen atoms in total. The maximum absolute atomic E-state index is 12.3. The molecule has 28 heavy (non-hydrogen) atoms. The van der Waals surface area contributed by atoms with Crippen molar-refractivity contribution in [2.45, 2.75) is 6.92 Å². The molecule has 0 radical (unpaired) electrons. The highest BCUT2D eigenvalue weighted by Crippen LogP contribution is 2.18. The number of hydrogen-bond donors (Lipinski definition) is 1. The maximum atomic E-state index is 12.3. The van der Waals surface area contributed by atoms with Crippen molar-refractivity contribution in [2.24, 2.45) is 0 Å². The number of ether oxygens (including phenoxy) is 1. The van der Waals surface area contributed by atoms with Crippen LogP contribution in [-0.4, -0.2) is 81.3 Å². The largest absolute Gasteiger partial charge is 0.379 e. The predicted molar refractivity (Wildman–Crippen MR) is 109 cm³/mol. The average Bonchev–Trinajstić information content (AvgIpc) is 2.73. The van der Waals surface area contributed by atoms with Crippen molar-refractivity contribution in [2.75, 3.05) is 70.5 Å². The fraction of sp³-hybridized carbons (Fsp3) is 0.524. The molecule has 1 N–H and O–H groups in total. The lowest BCUT2D eigenvalue weighted by Gasteiger charge is -2.35. The molecule has 0 atom stereocenters. The van der Waals surface area contributed by atoms with Gasteiger partial charge in [0.2, 0.25) is 0 Å². The Labute approximate surface area is 167 Å². The van der Waals surface area contributed by atoms with Gasteiger partial charge in [-0.3, -0.25) is 9.69 Å². The number of aryl methyl sites for hydroxylation is 1. The Bertz CT molecular complexity index is 729. The van der Waals surface area contributed by atoms with Crippen LogP contribution in [0.5, 0.6) is 0 Å². The summed E-state index contributed by atoms with van der Waals surface area (Å²) in [6.45, 7) is 10.0. The second kappa shape index (κ2) is 10.1. The molecule has 2 aliphatic rings. The molecule has 2 fully saturated rings. The Morgan fingerprint density at radius 1 is 1.21 bits per heavy atom. The third kappa shape index (κ3) is 5.72. The molecule has 3 rings (SSSR count). The molecule has 1 amide bonds. The van der Waals surface area contributed by atoms with E-state index in [1.165, 1.54) is 11.3 Å². The van der Waals surface area contributed by atoms with Gasteiger partial charge in [-0.1, -0.05) is 12.1 Å². The summed E-state index contributed by atoms with van der Waals surface area (Å²) in [6.07, 6.45) is 1.71. The number of anilines is 1. The van der Waals surface area contributed by atoms with E-state index in [0.29, 0.717) is 6.54 Å². The zero-order valence-corrected chi connectivity index (χ0v) is 16.6. The number of benzene rings is 1. The minimum absolute atomic E-state index is 0.172. The van der Waals surface area contributed by atoms with Crippen LogP contribution in [0.25, 0.3) is 0 Å². The van der Waals surface area contributed by atoms with Crippen LogP contribution < -0.4 is 10.2 Å². The van der Waals surface area contributed by atoms with Gasteiger partial charge in [-0.15, -0.1) is 0 Å². The number of carbonyl (C=O) groups excluding carboxylic acids is 1. The van der Waals surface area contributed by atoms with Gasteiger partial charge in [-0.25, -0.2) is 0 Å². The molecule has 0 aromatic heterocycles. The van der Waals surface area contributed by atoms with Crippen LogP contribution in [0.15, 0.2) is 36.0 Å². The highest BCUT2D eigenvalue weighted by molar-refractivity contribution is 5.97. The standard InChI is InChI=1S/C21H29N5O2/c1-18-3-2-4-20(15-18)26-9-7-25(8-10-26)17-19(16-22)21(27)23-5-6-24-11-13-28-14-12-24/h2-4,15,17H,5-14H2,1H3,(H,23,27)/b19-17-. The van der Waals surface area contributed by atoms with Crippen molar-refractivity contribution >= 4 is 11.6 Å². The number of piperazine rings is 1. The molecule has 2 saturated heterocycles. The number of morpholine rings is 1.